The van der Waals surface area contributed by atoms with Crippen molar-refractivity contribution < 1.29 is 52.6 Å². The molecule has 0 aromatic heterocycles. The van der Waals surface area contributed by atoms with Gasteiger partial charge in [-0.2, -0.15) is 0 Å². The van der Waals surface area contributed by atoms with Crippen LogP contribution in [0.2, 0.25) is 0 Å². The van der Waals surface area contributed by atoms with Crippen molar-refractivity contribution in [2.75, 3.05) is 26.9 Å². The van der Waals surface area contributed by atoms with Crippen LogP contribution in [-0.4, -0.2) is 86.7 Å². The third-order valence-corrected chi connectivity index (χ3v) is 9.12. The Hall–Kier alpha value is -4.30. The third kappa shape index (κ3) is 13.7. The largest absolute Gasteiger partial charge is 0.456 e. The van der Waals surface area contributed by atoms with Gasteiger partial charge in [-0.15, -0.1) is 0 Å². The van der Waals surface area contributed by atoms with E-state index in [9.17, 15) is 14.7 Å². The van der Waals surface area contributed by atoms with Crippen LogP contribution in [0, 0.1) is 0 Å². The summed E-state index contributed by atoms with van der Waals surface area (Å²) in [6.45, 7) is 2.09. The number of methoxy groups -OCH3 is 1. The molecule has 1 saturated heterocycles. The summed E-state index contributed by atoms with van der Waals surface area (Å²) in [4.78, 5) is 24.5. The van der Waals surface area contributed by atoms with Crippen molar-refractivity contribution in [2.45, 2.75) is 89.1 Å². The van der Waals surface area contributed by atoms with E-state index in [0.717, 1.165) is 22.3 Å². The van der Waals surface area contributed by atoms with Crippen molar-refractivity contribution >= 4 is 11.8 Å². The van der Waals surface area contributed by atoms with Crippen molar-refractivity contribution in [1.82, 2.24) is 0 Å². The number of ketones is 1. The van der Waals surface area contributed by atoms with Gasteiger partial charge in [-0.05, 0) is 29.2 Å². The lowest BCUT2D eigenvalue weighted by Crippen LogP contribution is -2.48. The lowest BCUT2D eigenvalue weighted by molar-refractivity contribution is -0.219. The van der Waals surface area contributed by atoms with Gasteiger partial charge in [0, 0.05) is 13.5 Å². The number of aliphatic hydroxyl groups excluding tert-OH is 1. The first-order valence-electron chi connectivity index (χ1n) is 18.6. The van der Waals surface area contributed by atoms with E-state index >= 15 is 0 Å². The maximum Gasteiger partial charge on any atom is 0.306 e. The number of aliphatic hydroxyl groups is 1. The summed E-state index contributed by atoms with van der Waals surface area (Å²) in [6.07, 6.45) is -5.87. The molecule has 1 aliphatic heterocycles. The fourth-order valence-electron chi connectivity index (χ4n) is 6.16. The summed E-state index contributed by atoms with van der Waals surface area (Å²) in [5, 5.41) is 10.7. The molecule has 11 heteroatoms. The summed E-state index contributed by atoms with van der Waals surface area (Å²) in [6, 6.07) is 38.8. The molecule has 7 atom stereocenters. The summed E-state index contributed by atoms with van der Waals surface area (Å²) < 4.78 is 50.0. The van der Waals surface area contributed by atoms with Gasteiger partial charge in [-0.1, -0.05) is 121 Å². The van der Waals surface area contributed by atoms with E-state index in [1.807, 2.05) is 121 Å². The highest BCUT2D eigenvalue weighted by Gasteiger charge is 2.49. The highest BCUT2D eigenvalue weighted by atomic mass is 16.7. The minimum Gasteiger partial charge on any atom is -0.456 e. The SMILES string of the molecule is COC1C(OC(=O)CCC(C)=O)[C@@H](COCc2ccccc2)O[C@H]1OCC(OCc1ccccc1)C(OCc1ccccc1)C(CO)OCc1ccccc1. The average molecular weight is 757 g/mol. The van der Waals surface area contributed by atoms with Gasteiger partial charge in [0.05, 0.1) is 52.7 Å². The van der Waals surface area contributed by atoms with Crippen LogP contribution >= 0.6 is 0 Å². The molecule has 5 rings (SSSR count). The van der Waals surface area contributed by atoms with Crippen molar-refractivity contribution in [3.8, 4) is 0 Å². The molecule has 0 radical (unpaired) electrons. The predicted molar refractivity (Wildman–Crippen MR) is 203 cm³/mol. The van der Waals surface area contributed by atoms with Gasteiger partial charge in [0.25, 0.3) is 0 Å². The highest BCUT2D eigenvalue weighted by Crippen LogP contribution is 2.30. The fourth-order valence-corrected chi connectivity index (χ4v) is 6.16. The molecule has 0 bridgehead atoms. The van der Waals surface area contributed by atoms with Crippen LogP contribution in [0.15, 0.2) is 121 Å². The second-order valence-corrected chi connectivity index (χ2v) is 13.3. The Labute approximate surface area is 323 Å². The summed E-state index contributed by atoms with van der Waals surface area (Å²) >= 11 is 0. The van der Waals surface area contributed by atoms with E-state index in [4.69, 9.17) is 37.9 Å². The first-order chi connectivity index (χ1) is 26.9. The van der Waals surface area contributed by atoms with Crippen molar-refractivity contribution in [2.24, 2.45) is 0 Å². The molecule has 0 aliphatic carbocycles. The lowest BCUT2D eigenvalue weighted by atomic mass is 10.1. The van der Waals surface area contributed by atoms with Gasteiger partial charge in [-0.3, -0.25) is 4.79 Å². The van der Waals surface area contributed by atoms with E-state index in [2.05, 4.69) is 0 Å². The molecule has 11 nitrogen and oxygen atoms in total. The summed E-state index contributed by atoms with van der Waals surface area (Å²) in [7, 11) is 1.49. The molecule has 1 N–H and O–H groups in total. The maximum absolute atomic E-state index is 12.9. The van der Waals surface area contributed by atoms with Gasteiger partial charge in [0.15, 0.2) is 12.4 Å². The fraction of sp³-hybridized carbons (Fsp3) is 0.409. The molecule has 5 unspecified atom stereocenters. The van der Waals surface area contributed by atoms with Gasteiger partial charge in [0.2, 0.25) is 0 Å². The molecular weight excluding hydrogens is 704 g/mol. The van der Waals surface area contributed by atoms with Crippen LogP contribution in [0.1, 0.15) is 42.0 Å². The number of rotatable bonds is 24. The van der Waals surface area contributed by atoms with Gasteiger partial charge < -0.3 is 47.8 Å². The zero-order chi connectivity index (χ0) is 38.7. The van der Waals surface area contributed by atoms with Crippen LogP contribution in [0.3, 0.4) is 0 Å². The van der Waals surface area contributed by atoms with Crippen molar-refractivity contribution in [3.63, 3.8) is 0 Å². The van der Waals surface area contributed by atoms with Crippen LogP contribution in [0.5, 0.6) is 0 Å². The normalized spacial score (nSPS) is 19.8. The Morgan fingerprint density at radius 1 is 0.655 bits per heavy atom. The molecule has 4 aromatic rings. The van der Waals surface area contributed by atoms with Crippen molar-refractivity contribution in [3.05, 3.63) is 144 Å². The number of benzene rings is 4. The number of hydrogen-bond donors (Lipinski definition) is 1. The number of ether oxygens (including phenoxy) is 8. The standard InChI is InChI=1S/C44H52O11/c1-32(46)23-24-40(47)55-42-39(30-49-26-33-15-7-3-8-16-33)54-44(43(42)48-2)53-31-38(51-28-35-19-11-5-12-20-35)41(52-29-36-21-13-6-14-22-36)37(25-45)50-27-34-17-9-4-10-18-34/h3-22,37-39,41-45H,23-31H2,1-2H3/t37?,38?,39-,41?,42?,43?,44-/m1/s1. The summed E-state index contributed by atoms with van der Waals surface area (Å²) in [5.74, 6) is -0.675. The molecule has 0 saturated carbocycles. The number of Topliss-reactive ketones (excluding diaryl/α,β-unsaturated/α-hetero) is 1. The number of carbonyl (C=O) groups is 2. The molecule has 1 fully saturated rings. The van der Waals surface area contributed by atoms with E-state index in [1.165, 1.54) is 14.0 Å². The minimum absolute atomic E-state index is 0.0579. The molecule has 1 heterocycles. The average Bonchev–Trinajstić information content (AvgIpc) is 3.55. The molecule has 55 heavy (non-hydrogen) atoms. The minimum atomic E-state index is -1.00. The molecule has 294 valence electrons. The van der Waals surface area contributed by atoms with E-state index in [0.29, 0.717) is 6.61 Å². The molecule has 0 amide bonds. The zero-order valence-electron chi connectivity index (χ0n) is 31.5. The van der Waals surface area contributed by atoms with Crippen LogP contribution < -0.4 is 0 Å². The van der Waals surface area contributed by atoms with E-state index in [-0.39, 0.29) is 58.3 Å². The van der Waals surface area contributed by atoms with Crippen molar-refractivity contribution in [1.29, 1.82) is 0 Å². The molecule has 4 aromatic carbocycles. The van der Waals surface area contributed by atoms with Gasteiger partial charge in [0.1, 0.15) is 36.3 Å². The summed E-state index contributed by atoms with van der Waals surface area (Å²) in [5.41, 5.74) is 3.77. The van der Waals surface area contributed by atoms with E-state index < -0.39 is 48.9 Å². The number of hydrogen-bond acceptors (Lipinski definition) is 11. The quantitative estimate of drug-likeness (QED) is 0.0848. The monoisotopic (exact) mass is 756 g/mol. The van der Waals surface area contributed by atoms with Crippen LogP contribution in [0.4, 0.5) is 0 Å². The predicted octanol–water partition coefficient (Wildman–Crippen LogP) is 5.99. The maximum atomic E-state index is 12.9. The van der Waals surface area contributed by atoms with Crippen LogP contribution in [-0.2, 0) is 73.9 Å². The second kappa shape index (κ2) is 22.9. The number of esters is 1. The first-order valence-corrected chi connectivity index (χ1v) is 18.6. The van der Waals surface area contributed by atoms with Crippen LogP contribution in [0.25, 0.3) is 0 Å². The van der Waals surface area contributed by atoms with Gasteiger partial charge in [-0.25, -0.2) is 0 Å². The molecule has 1 aliphatic rings. The Morgan fingerprint density at radius 3 is 1.64 bits per heavy atom. The smallest absolute Gasteiger partial charge is 0.306 e. The second-order valence-electron chi connectivity index (χ2n) is 13.3. The zero-order valence-corrected chi connectivity index (χ0v) is 31.5. The number of carbonyl (C=O) groups excluding carboxylic acids is 2. The van der Waals surface area contributed by atoms with E-state index in [1.54, 1.807) is 0 Å². The Balaban J connectivity index is 1.36. The Kier molecular flexibility index (Phi) is 17.4. The lowest BCUT2D eigenvalue weighted by Gasteiger charge is -2.33. The third-order valence-electron chi connectivity index (χ3n) is 9.12. The Bertz CT molecular complexity index is 1660. The molecule has 0 spiro atoms. The highest BCUT2D eigenvalue weighted by molar-refractivity contribution is 5.81. The molecular formula is C44H52O11. The Morgan fingerprint density at radius 2 is 1.15 bits per heavy atom. The van der Waals surface area contributed by atoms with Gasteiger partial charge >= 0.3 is 5.97 Å². The first kappa shape index (κ1) is 41.9. The topological polar surface area (TPSA) is 128 Å².